The predicted octanol–water partition coefficient (Wildman–Crippen LogP) is 6.40. The van der Waals surface area contributed by atoms with Gasteiger partial charge >= 0.3 is 0 Å². The molecular weight excluding hydrogens is 508 g/mol. The molecule has 1 aliphatic heterocycles. The highest BCUT2D eigenvalue weighted by atomic mass is 16.5. The van der Waals surface area contributed by atoms with Gasteiger partial charge in [0.15, 0.2) is 0 Å². The minimum Gasteiger partial charge on any atom is -0.497 e. The maximum Gasteiger partial charge on any atom is 0.272 e. The molecule has 6 rings (SSSR count). The number of benzene rings is 4. The Morgan fingerprint density at radius 3 is 1.90 bits per heavy atom. The van der Waals surface area contributed by atoms with E-state index < -0.39 is 0 Å². The molecule has 1 fully saturated rings. The van der Waals surface area contributed by atoms with Crippen molar-refractivity contribution in [2.75, 3.05) is 33.3 Å². The number of aromatic nitrogens is 2. The Balaban J connectivity index is 1.27. The van der Waals surface area contributed by atoms with Gasteiger partial charge in [0, 0.05) is 31.7 Å². The number of nitrogens with zero attached hydrogens (tertiary/aromatic N) is 4. The number of rotatable bonds is 7. The highest BCUT2D eigenvalue weighted by molar-refractivity contribution is 5.94. The van der Waals surface area contributed by atoms with E-state index >= 15 is 0 Å². The molecule has 0 bridgehead atoms. The number of aryl methyl sites for hydroxylation is 1. The molecule has 0 atom stereocenters. The van der Waals surface area contributed by atoms with Crippen molar-refractivity contribution in [2.24, 2.45) is 0 Å². The van der Waals surface area contributed by atoms with E-state index in [-0.39, 0.29) is 11.9 Å². The van der Waals surface area contributed by atoms with Crippen LogP contribution >= 0.6 is 0 Å². The van der Waals surface area contributed by atoms with Crippen molar-refractivity contribution in [1.29, 1.82) is 0 Å². The first-order valence-corrected chi connectivity index (χ1v) is 14.1. The van der Waals surface area contributed by atoms with Gasteiger partial charge in [-0.05, 0) is 60.5 Å². The van der Waals surface area contributed by atoms with Crippen molar-refractivity contribution in [3.05, 3.63) is 138 Å². The van der Waals surface area contributed by atoms with Crippen molar-refractivity contribution in [1.82, 2.24) is 19.6 Å². The van der Waals surface area contributed by atoms with E-state index in [1.165, 1.54) is 11.1 Å². The van der Waals surface area contributed by atoms with Gasteiger partial charge in [0.25, 0.3) is 5.91 Å². The minimum absolute atomic E-state index is 0.00606. The average Bonchev–Trinajstić information content (AvgIpc) is 3.48. The molecule has 0 spiro atoms. The van der Waals surface area contributed by atoms with Crippen LogP contribution in [0.3, 0.4) is 0 Å². The lowest BCUT2D eigenvalue weighted by molar-refractivity contribution is 0.0588. The average molecular weight is 543 g/mol. The molecule has 6 heteroatoms. The van der Waals surface area contributed by atoms with E-state index in [0.717, 1.165) is 41.3 Å². The van der Waals surface area contributed by atoms with Gasteiger partial charge in [-0.1, -0.05) is 78.4 Å². The molecule has 2 heterocycles. The second kappa shape index (κ2) is 11.8. The third-order valence-electron chi connectivity index (χ3n) is 7.79. The van der Waals surface area contributed by atoms with Crippen LogP contribution in [-0.4, -0.2) is 58.8 Å². The summed E-state index contributed by atoms with van der Waals surface area (Å²) in [7, 11) is 1.65. The van der Waals surface area contributed by atoms with Crippen molar-refractivity contribution < 1.29 is 9.53 Å². The third kappa shape index (κ3) is 5.65. The maximum absolute atomic E-state index is 14.0. The van der Waals surface area contributed by atoms with E-state index in [1.54, 1.807) is 11.8 Å². The number of hydrogen-bond donors (Lipinski definition) is 0. The molecule has 0 unspecified atom stereocenters. The first kappa shape index (κ1) is 26.5. The normalized spacial score (nSPS) is 13.9. The molecule has 1 aromatic heterocycles. The maximum atomic E-state index is 14.0. The van der Waals surface area contributed by atoms with Crippen LogP contribution in [0.25, 0.3) is 16.9 Å². The monoisotopic (exact) mass is 542 g/mol. The van der Waals surface area contributed by atoms with E-state index in [9.17, 15) is 4.79 Å². The number of ether oxygens (including phenoxy) is 1. The molecule has 206 valence electrons. The Hall–Kier alpha value is -4.68. The zero-order valence-corrected chi connectivity index (χ0v) is 23.5. The second-order valence-corrected chi connectivity index (χ2v) is 10.4. The van der Waals surface area contributed by atoms with Crippen molar-refractivity contribution in [3.63, 3.8) is 0 Å². The third-order valence-corrected chi connectivity index (χ3v) is 7.79. The van der Waals surface area contributed by atoms with Gasteiger partial charge in [-0.2, -0.15) is 5.10 Å². The van der Waals surface area contributed by atoms with Crippen molar-refractivity contribution in [2.45, 2.75) is 13.0 Å². The molecule has 1 amide bonds. The zero-order chi connectivity index (χ0) is 28.2. The summed E-state index contributed by atoms with van der Waals surface area (Å²) in [6, 6.07) is 39.2. The largest absolute Gasteiger partial charge is 0.497 e. The Kier molecular flexibility index (Phi) is 7.65. The Labute approximate surface area is 241 Å². The summed E-state index contributed by atoms with van der Waals surface area (Å²) in [4.78, 5) is 18.5. The Morgan fingerprint density at radius 1 is 0.756 bits per heavy atom. The van der Waals surface area contributed by atoms with Crippen LogP contribution in [-0.2, 0) is 0 Å². The highest BCUT2D eigenvalue weighted by Gasteiger charge is 2.30. The van der Waals surface area contributed by atoms with Crippen LogP contribution in [0.1, 0.15) is 33.2 Å². The number of carbonyl (C=O) groups is 1. The first-order valence-electron chi connectivity index (χ1n) is 14.1. The van der Waals surface area contributed by atoms with Crippen LogP contribution in [0, 0.1) is 6.92 Å². The van der Waals surface area contributed by atoms with Gasteiger partial charge in [-0.25, -0.2) is 4.68 Å². The Morgan fingerprint density at radius 2 is 1.34 bits per heavy atom. The molecule has 1 aliphatic rings. The van der Waals surface area contributed by atoms with Gasteiger partial charge in [0.05, 0.1) is 24.5 Å². The standard InChI is InChI=1S/C35H34N4O2/c1-26-13-17-30(18-14-26)39-33(25-32(36-39)27-15-19-31(41-2)20-16-27)35(40)38-23-21-37(22-24-38)34(28-9-5-3-6-10-28)29-11-7-4-8-12-29/h3-20,25,34H,21-24H2,1-2H3. The van der Waals surface area contributed by atoms with Gasteiger partial charge < -0.3 is 9.64 Å². The number of methoxy groups -OCH3 is 1. The fraction of sp³-hybridized carbons (Fsp3) is 0.200. The van der Waals surface area contributed by atoms with Crippen LogP contribution in [0.5, 0.6) is 5.75 Å². The molecule has 4 aromatic carbocycles. The SMILES string of the molecule is COc1ccc(-c2cc(C(=O)N3CCN(C(c4ccccc4)c4ccccc4)CC3)n(-c3ccc(C)cc3)n2)cc1. The fourth-order valence-corrected chi connectivity index (χ4v) is 5.55. The van der Waals surface area contributed by atoms with Crippen LogP contribution in [0.4, 0.5) is 0 Å². The van der Waals surface area contributed by atoms with Crippen LogP contribution in [0.2, 0.25) is 0 Å². The molecule has 0 radical (unpaired) electrons. The van der Waals surface area contributed by atoms with Gasteiger partial charge in [0.1, 0.15) is 11.4 Å². The summed E-state index contributed by atoms with van der Waals surface area (Å²) < 4.78 is 7.11. The molecule has 1 saturated heterocycles. The molecule has 0 saturated carbocycles. The topological polar surface area (TPSA) is 50.6 Å². The summed E-state index contributed by atoms with van der Waals surface area (Å²) >= 11 is 0. The van der Waals surface area contributed by atoms with Crippen LogP contribution in [0.15, 0.2) is 115 Å². The second-order valence-electron chi connectivity index (χ2n) is 10.4. The number of hydrogen-bond acceptors (Lipinski definition) is 4. The molecule has 0 N–H and O–H groups in total. The fourth-order valence-electron chi connectivity index (χ4n) is 5.55. The van der Waals surface area contributed by atoms with Gasteiger partial charge in [-0.15, -0.1) is 0 Å². The summed E-state index contributed by atoms with van der Waals surface area (Å²) in [5.41, 5.74) is 6.81. The zero-order valence-electron chi connectivity index (χ0n) is 23.5. The Bertz CT molecular complexity index is 1550. The number of carbonyl (C=O) groups excluding carboxylic acids is 1. The number of amides is 1. The molecule has 6 nitrogen and oxygen atoms in total. The van der Waals surface area contributed by atoms with E-state index in [2.05, 4.69) is 72.5 Å². The molecule has 0 aliphatic carbocycles. The lowest BCUT2D eigenvalue weighted by Crippen LogP contribution is -2.50. The van der Waals surface area contributed by atoms with Crippen LogP contribution < -0.4 is 4.74 Å². The highest BCUT2D eigenvalue weighted by Crippen LogP contribution is 2.30. The summed E-state index contributed by atoms with van der Waals surface area (Å²) in [6.45, 7) is 4.91. The van der Waals surface area contributed by atoms with Crippen molar-refractivity contribution in [3.8, 4) is 22.7 Å². The predicted molar refractivity (Wildman–Crippen MR) is 162 cm³/mol. The smallest absolute Gasteiger partial charge is 0.272 e. The number of piperazine rings is 1. The van der Waals surface area contributed by atoms with Gasteiger partial charge in [0.2, 0.25) is 0 Å². The first-order chi connectivity index (χ1) is 20.1. The van der Waals surface area contributed by atoms with Crippen molar-refractivity contribution >= 4 is 5.91 Å². The summed E-state index contributed by atoms with van der Waals surface area (Å²) in [6.07, 6.45) is 0. The molecule has 41 heavy (non-hydrogen) atoms. The quantitative estimate of drug-likeness (QED) is 0.239. The van der Waals surface area contributed by atoms with E-state index in [0.29, 0.717) is 18.8 Å². The van der Waals surface area contributed by atoms with E-state index in [4.69, 9.17) is 9.84 Å². The molecule has 5 aromatic rings. The minimum atomic E-state index is -0.00606. The summed E-state index contributed by atoms with van der Waals surface area (Å²) in [5.74, 6) is 0.777. The van der Waals surface area contributed by atoms with E-state index in [1.807, 2.05) is 59.5 Å². The summed E-state index contributed by atoms with van der Waals surface area (Å²) in [5, 5.41) is 4.89. The van der Waals surface area contributed by atoms with Gasteiger partial charge in [-0.3, -0.25) is 9.69 Å². The lowest BCUT2D eigenvalue weighted by Gasteiger charge is -2.39. The molecular formula is C35H34N4O2. The lowest BCUT2D eigenvalue weighted by atomic mass is 9.96.